The molecule has 1 aliphatic carbocycles. The largest absolute Gasteiger partial charge is 0.326 e. The summed E-state index contributed by atoms with van der Waals surface area (Å²) in [7, 11) is 0. The number of amides is 2. The van der Waals surface area contributed by atoms with Crippen molar-refractivity contribution in [3.63, 3.8) is 0 Å². The number of benzene rings is 2. The van der Waals surface area contributed by atoms with Crippen LogP contribution in [0.2, 0.25) is 0 Å². The average Bonchev–Trinajstić information content (AvgIpc) is 3.18. The zero-order valence-corrected chi connectivity index (χ0v) is 17.4. The van der Waals surface area contributed by atoms with Crippen molar-refractivity contribution in [2.45, 2.75) is 56.8 Å². The van der Waals surface area contributed by atoms with Crippen LogP contribution < -0.4 is 0 Å². The van der Waals surface area contributed by atoms with Gasteiger partial charge in [-0.25, -0.2) is 0 Å². The van der Waals surface area contributed by atoms with Gasteiger partial charge in [0.15, 0.2) is 0 Å². The van der Waals surface area contributed by atoms with Crippen molar-refractivity contribution < 1.29 is 9.59 Å². The second-order valence-electron chi connectivity index (χ2n) is 9.53. The van der Waals surface area contributed by atoms with Crippen LogP contribution in [0.4, 0.5) is 0 Å². The average molecular weight is 404 g/mol. The Bertz CT molecular complexity index is 1000. The fourth-order valence-electron chi connectivity index (χ4n) is 6.49. The van der Waals surface area contributed by atoms with Crippen molar-refractivity contribution in [1.82, 2.24) is 14.7 Å². The number of hydrogen-bond acceptors (Lipinski definition) is 3. The Hall–Kier alpha value is -2.40. The highest BCUT2D eigenvalue weighted by atomic mass is 16.2. The van der Waals surface area contributed by atoms with Gasteiger partial charge in [-0.05, 0) is 41.5 Å². The summed E-state index contributed by atoms with van der Waals surface area (Å²) in [5.74, 6) is 0.945. The molecule has 4 aliphatic rings. The number of fused-ring (bicyclic) bond motifs is 5. The molecule has 30 heavy (non-hydrogen) atoms. The summed E-state index contributed by atoms with van der Waals surface area (Å²) in [5.41, 5.74) is 1.29. The van der Waals surface area contributed by atoms with E-state index in [1.165, 1.54) is 35.6 Å². The molecule has 3 aliphatic heterocycles. The predicted octanol–water partition coefficient (Wildman–Crippen LogP) is 3.03. The van der Waals surface area contributed by atoms with Crippen LogP contribution in [0, 0.1) is 5.92 Å². The molecule has 1 saturated carbocycles. The Morgan fingerprint density at radius 2 is 1.70 bits per heavy atom. The van der Waals surface area contributed by atoms with E-state index in [1.54, 1.807) is 0 Å². The van der Waals surface area contributed by atoms with Crippen molar-refractivity contribution in [2.75, 3.05) is 19.6 Å². The second kappa shape index (κ2) is 7.09. The van der Waals surface area contributed by atoms with E-state index in [1.807, 2.05) is 9.80 Å². The summed E-state index contributed by atoms with van der Waals surface area (Å²) >= 11 is 0. The molecule has 3 saturated heterocycles. The maximum atomic E-state index is 13.6. The molecule has 2 amide bonds. The van der Waals surface area contributed by atoms with Crippen LogP contribution in [0.3, 0.4) is 0 Å². The molecule has 4 fully saturated rings. The molecule has 0 radical (unpaired) electrons. The minimum absolute atomic E-state index is 0.188. The van der Waals surface area contributed by atoms with Crippen LogP contribution in [0.5, 0.6) is 0 Å². The lowest BCUT2D eigenvalue weighted by Gasteiger charge is -2.49. The Morgan fingerprint density at radius 1 is 0.867 bits per heavy atom. The molecule has 2 aromatic rings. The maximum absolute atomic E-state index is 13.6. The van der Waals surface area contributed by atoms with E-state index in [0.717, 1.165) is 25.9 Å². The van der Waals surface area contributed by atoms with E-state index in [-0.39, 0.29) is 23.9 Å². The van der Waals surface area contributed by atoms with Gasteiger partial charge in [0.25, 0.3) is 0 Å². The molecule has 0 spiro atoms. The number of rotatable bonds is 2. The zero-order chi connectivity index (χ0) is 20.2. The van der Waals surface area contributed by atoms with Gasteiger partial charge in [-0.15, -0.1) is 0 Å². The van der Waals surface area contributed by atoms with Gasteiger partial charge in [0.05, 0.1) is 0 Å². The zero-order valence-electron chi connectivity index (χ0n) is 17.4. The number of carbonyl (C=O) groups excluding carboxylic acids is 2. The van der Waals surface area contributed by atoms with Crippen LogP contribution in [-0.2, 0) is 16.1 Å². The first-order valence-corrected chi connectivity index (χ1v) is 11.5. The lowest BCUT2D eigenvalue weighted by atomic mass is 9.85. The van der Waals surface area contributed by atoms with Crippen molar-refractivity contribution in [1.29, 1.82) is 0 Å². The third-order valence-corrected chi connectivity index (χ3v) is 7.93. The number of hydrogen-bond donors (Lipinski definition) is 0. The molecule has 3 heterocycles. The van der Waals surface area contributed by atoms with E-state index >= 15 is 0 Å². The lowest BCUT2D eigenvalue weighted by Crippen LogP contribution is -2.69. The molecule has 4 unspecified atom stereocenters. The van der Waals surface area contributed by atoms with Gasteiger partial charge in [-0.2, -0.15) is 0 Å². The highest BCUT2D eigenvalue weighted by Crippen LogP contribution is 2.43. The number of piperazine rings is 2. The quantitative estimate of drug-likeness (QED) is 0.774. The summed E-state index contributed by atoms with van der Waals surface area (Å²) in [6, 6.07) is 14.7. The van der Waals surface area contributed by atoms with Gasteiger partial charge in [-0.3, -0.25) is 14.5 Å². The molecule has 4 atom stereocenters. The summed E-state index contributed by atoms with van der Waals surface area (Å²) < 4.78 is 0. The summed E-state index contributed by atoms with van der Waals surface area (Å²) in [6.07, 6.45) is 5.57. The summed E-state index contributed by atoms with van der Waals surface area (Å²) in [4.78, 5) is 33.1. The summed E-state index contributed by atoms with van der Waals surface area (Å²) in [5, 5.41) is 2.53. The van der Waals surface area contributed by atoms with Gasteiger partial charge < -0.3 is 9.80 Å². The van der Waals surface area contributed by atoms with Crippen LogP contribution in [0.15, 0.2) is 42.5 Å². The Kier molecular flexibility index (Phi) is 4.34. The smallest absolute Gasteiger partial charge is 0.247 e. The van der Waals surface area contributed by atoms with Gasteiger partial charge in [0.1, 0.15) is 12.1 Å². The first-order chi connectivity index (χ1) is 14.7. The van der Waals surface area contributed by atoms with Crippen LogP contribution >= 0.6 is 0 Å². The maximum Gasteiger partial charge on any atom is 0.247 e. The van der Waals surface area contributed by atoms with Gasteiger partial charge >= 0.3 is 0 Å². The molecule has 0 bridgehead atoms. The minimum Gasteiger partial charge on any atom is -0.326 e. The Balaban J connectivity index is 1.24. The van der Waals surface area contributed by atoms with Gasteiger partial charge in [0, 0.05) is 32.2 Å². The van der Waals surface area contributed by atoms with Crippen LogP contribution in [-0.4, -0.2) is 64.3 Å². The third-order valence-electron chi connectivity index (χ3n) is 7.93. The minimum atomic E-state index is -0.307. The SMILES string of the molecule is O=C1C2CC3CCCCC3N2C(=O)C2CN(Cc3cccc4ccccc34)CCN12. The van der Waals surface area contributed by atoms with Crippen molar-refractivity contribution >= 4 is 22.6 Å². The molecule has 5 nitrogen and oxygen atoms in total. The molecule has 5 heteroatoms. The molecule has 0 N–H and O–H groups in total. The molecular weight excluding hydrogens is 374 g/mol. The molecular formula is C25H29N3O2. The first kappa shape index (κ1) is 18.4. The van der Waals surface area contributed by atoms with Gasteiger partial charge in [0.2, 0.25) is 11.8 Å². The molecule has 6 rings (SSSR count). The van der Waals surface area contributed by atoms with Crippen LogP contribution in [0.1, 0.15) is 37.7 Å². The highest BCUT2D eigenvalue weighted by Gasteiger charge is 2.55. The van der Waals surface area contributed by atoms with E-state index in [0.29, 0.717) is 25.0 Å². The Morgan fingerprint density at radius 3 is 2.63 bits per heavy atom. The number of nitrogens with zero attached hydrogens (tertiary/aromatic N) is 3. The van der Waals surface area contributed by atoms with E-state index in [9.17, 15) is 9.59 Å². The standard InChI is InChI=1S/C25H29N3O2/c29-24-22-14-18-7-2-4-11-21(18)28(22)25(30)23-16-26(12-13-27(23)24)15-19-9-5-8-17-6-1-3-10-20(17)19/h1,3,5-6,8-10,18,21-23H,2,4,7,11-16H2. The van der Waals surface area contributed by atoms with Crippen molar-refractivity contribution in [2.24, 2.45) is 5.92 Å². The highest BCUT2D eigenvalue weighted by molar-refractivity contribution is 5.98. The summed E-state index contributed by atoms with van der Waals surface area (Å²) in [6.45, 7) is 2.97. The topological polar surface area (TPSA) is 43.9 Å². The third kappa shape index (κ3) is 2.78. The fraction of sp³-hybridized carbons (Fsp3) is 0.520. The van der Waals surface area contributed by atoms with Crippen LogP contribution in [0.25, 0.3) is 10.8 Å². The molecule has 2 aromatic carbocycles. The van der Waals surface area contributed by atoms with E-state index < -0.39 is 0 Å². The molecule has 156 valence electrons. The van der Waals surface area contributed by atoms with E-state index in [2.05, 4.69) is 47.4 Å². The molecule has 0 aromatic heterocycles. The number of carbonyl (C=O) groups is 2. The second-order valence-corrected chi connectivity index (χ2v) is 9.53. The van der Waals surface area contributed by atoms with Crippen molar-refractivity contribution in [3.05, 3.63) is 48.0 Å². The predicted molar refractivity (Wildman–Crippen MR) is 116 cm³/mol. The monoisotopic (exact) mass is 403 g/mol. The first-order valence-electron chi connectivity index (χ1n) is 11.5. The van der Waals surface area contributed by atoms with E-state index in [4.69, 9.17) is 0 Å². The van der Waals surface area contributed by atoms with Crippen molar-refractivity contribution in [3.8, 4) is 0 Å². The Labute approximate surface area is 177 Å². The fourth-order valence-corrected chi connectivity index (χ4v) is 6.49. The normalized spacial score (nSPS) is 31.6. The van der Waals surface area contributed by atoms with Gasteiger partial charge in [-0.1, -0.05) is 55.3 Å². The lowest BCUT2D eigenvalue weighted by molar-refractivity contribution is -0.165.